The number of carboxylic acids is 2. The molecule has 3 N–H and O–H groups in total. The standard InChI is InChI=1S/C22H21NO11/c1-2-3-4-5-18(34-22(30)17-11-13(24)7-9-15(17)20(27)28)33-21(29)16-10-12(23(31)32)6-8-14(16)19(25)26/h6-11,18,24H,2-5H2,1H3,(H,25,26)(H,27,28). The number of non-ortho nitro benzene ring substituents is 1. The van der Waals surface area contributed by atoms with Crippen LogP contribution in [-0.4, -0.2) is 50.4 Å². The topological polar surface area (TPSA) is 191 Å². The lowest BCUT2D eigenvalue weighted by atomic mass is 10.1. The Morgan fingerprint density at radius 3 is 1.91 bits per heavy atom. The van der Waals surface area contributed by atoms with Gasteiger partial charge >= 0.3 is 23.9 Å². The first kappa shape index (κ1) is 25.8. The molecule has 0 fully saturated rings. The molecule has 2 aromatic rings. The Hall–Kier alpha value is -4.48. The lowest BCUT2D eigenvalue weighted by Crippen LogP contribution is -2.26. The third kappa shape index (κ3) is 6.51. The highest BCUT2D eigenvalue weighted by atomic mass is 16.7. The number of aromatic hydroxyl groups is 1. The SMILES string of the molecule is CCCCCC(OC(=O)c1cc(O)ccc1C(=O)O)OC(=O)c1cc([N+](=O)[O-])ccc1C(=O)O. The van der Waals surface area contributed by atoms with Crippen LogP contribution in [-0.2, 0) is 9.47 Å². The highest BCUT2D eigenvalue weighted by Crippen LogP contribution is 2.23. The van der Waals surface area contributed by atoms with Crippen LogP contribution < -0.4 is 0 Å². The van der Waals surface area contributed by atoms with Crippen molar-refractivity contribution in [3.8, 4) is 5.75 Å². The number of hydrogen-bond donors (Lipinski definition) is 3. The molecule has 12 nitrogen and oxygen atoms in total. The van der Waals surface area contributed by atoms with E-state index in [4.69, 9.17) is 9.47 Å². The Bertz CT molecular complexity index is 1130. The summed E-state index contributed by atoms with van der Waals surface area (Å²) < 4.78 is 10.3. The maximum absolute atomic E-state index is 12.7. The van der Waals surface area contributed by atoms with Crippen LogP contribution in [0.2, 0.25) is 0 Å². The van der Waals surface area contributed by atoms with Crippen molar-refractivity contribution in [3.05, 3.63) is 68.8 Å². The van der Waals surface area contributed by atoms with Gasteiger partial charge in [-0.3, -0.25) is 10.1 Å². The first-order valence-corrected chi connectivity index (χ1v) is 10.0. The number of carbonyl (C=O) groups excluding carboxylic acids is 2. The summed E-state index contributed by atoms with van der Waals surface area (Å²) in [6, 6.07) is 5.45. The minimum atomic E-state index is -1.56. The van der Waals surface area contributed by atoms with E-state index in [2.05, 4.69) is 0 Å². The fraction of sp³-hybridized carbons (Fsp3) is 0.273. The second kappa shape index (κ2) is 11.4. The zero-order valence-electron chi connectivity index (χ0n) is 17.9. The second-order valence-electron chi connectivity index (χ2n) is 7.06. The van der Waals surface area contributed by atoms with E-state index in [0.29, 0.717) is 12.8 Å². The molecule has 0 saturated heterocycles. The van der Waals surface area contributed by atoms with Crippen LogP contribution in [0.5, 0.6) is 5.75 Å². The molecule has 2 aromatic carbocycles. The third-order valence-corrected chi connectivity index (χ3v) is 4.64. The molecule has 1 unspecified atom stereocenters. The van der Waals surface area contributed by atoms with Gasteiger partial charge in [-0.15, -0.1) is 0 Å². The summed E-state index contributed by atoms with van der Waals surface area (Å²) in [5.74, 6) is -5.90. The van der Waals surface area contributed by atoms with E-state index in [9.17, 15) is 44.6 Å². The number of carbonyl (C=O) groups is 4. The number of phenolic OH excluding ortho intramolecular Hbond substituents is 1. The number of ether oxygens (including phenoxy) is 2. The van der Waals surface area contributed by atoms with Gasteiger partial charge in [-0.2, -0.15) is 0 Å². The molecule has 34 heavy (non-hydrogen) atoms. The number of benzene rings is 2. The smallest absolute Gasteiger partial charge is 0.342 e. The summed E-state index contributed by atoms with van der Waals surface area (Å²) in [5.41, 5.74) is -2.70. The van der Waals surface area contributed by atoms with Crippen molar-refractivity contribution >= 4 is 29.6 Å². The van der Waals surface area contributed by atoms with Gasteiger partial charge in [-0.25, -0.2) is 19.2 Å². The molecule has 0 amide bonds. The van der Waals surface area contributed by atoms with Gasteiger partial charge in [-0.05, 0) is 30.7 Å². The predicted molar refractivity (Wildman–Crippen MR) is 114 cm³/mol. The largest absolute Gasteiger partial charge is 0.508 e. The van der Waals surface area contributed by atoms with Crippen LogP contribution in [0.25, 0.3) is 0 Å². The number of esters is 2. The summed E-state index contributed by atoms with van der Waals surface area (Å²) in [6.45, 7) is 1.89. The normalized spacial score (nSPS) is 11.3. The molecule has 0 aliphatic rings. The maximum atomic E-state index is 12.7. The quantitative estimate of drug-likeness (QED) is 0.141. The number of phenols is 1. The molecular weight excluding hydrogens is 454 g/mol. The summed E-state index contributed by atoms with van der Waals surface area (Å²) in [6.07, 6.45) is 0.280. The van der Waals surface area contributed by atoms with E-state index in [1.54, 1.807) is 0 Å². The molecule has 0 aliphatic heterocycles. The van der Waals surface area contributed by atoms with Gasteiger partial charge < -0.3 is 24.8 Å². The average Bonchev–Trinajstić information content (AvgIpc) is 2.78. The zero-order valence-corrected chi connectivity index (χ0v) is 17.9. The lowest BCUT2D eigenvalue weighted by molar-refractivity contribution is -0.384. The zero-order chi connectivity index (χ0) is 25.4. The van der Waals surface area contributed by atoms with Gasteiger partial charge in [0.25, 0.3) is 5.69 Å². The van der Waals surface area contributed by atoms with Gasteiger partial charge in [0.05, 0.1) is 27.2 Å². The van der Waals surface area contributed by atoms with Gasteiger partial charge in [0, 0.05) is 18.6 Å². The molecule has 0 aliphatic carbocycles. The number of nitro benzene ring substituents is 1. The number of hydrogen-bond acceptors (Lipinski definition) is 9. The monoisotopic (exact) mass is 475 g/mol. The third-order valence-electron chi connectivity index (χ3n) is 4.64. The molecule has 2 rings (SSSR count). The van der Waals surface area contributed by atoms with Crippen molar-refractivity contribution in [1.29, 1.82) is 0 Å². The van der Waals surface area contributed by atoms with E-state index < -0.39 is 68.8 Å². The molecule has 0 bridgehead atoms. The molecular formula is C22H21NO11. The maximum Gasteiger partial charge on any atom is 0.342 e. The van der Waals surface area contributed by atoms with Crippen LogP contribution in [0.15, 0.2) is 36.4 Å². The Labute approximate surface area is 192 Å². The Morgan fingerprint density at radius 1 is 0.882 bits per heavy atom. The minimum Gasteiger partial charge on any atom is -0.508 e. The molecule has 0 heterocycles. The van der Waals surface area contributed by atoms with Gasteiger partial charge in [0.2, 0.25) is 6.29 Å². The minimum absolute atomic E-state index is 0.0100. The van der Waals surface area contributed by atoms with Crippen LogP contribution in [0.4, 0.5) is 5.69 Å². The van der Waals surface area contributed by atoms with Crippen molar-refractivity contribution in [2.45, 2.75) is 38.9 Å². The van der Waals surface area contributed by atoms with E-state index in [0.717, 1.165) is 42.8 Å². The Balaban J connectivity index is 2.35. The first-order valence-electron chi connectivity index (χ1n) is 10.0. The fourth-order valence-corrected chi connectivity index (χ4v) is 2.96. The molecule has 0 saturated carbocycles. The number of rotatable bonds is 11. The summed E-state index contributed by atoms with van der Waals surface area (Å²) in [7, 11) is 0. The molecule has 0 aromatic heterocycles. The van der Waals surface area contributed by atoms with E-state index in [-0.39, 0.29) is 6.42 Å². The summed E-state index contributed by atoms with van der Waals surface area (Å²) >= 11 is 0. The first-order chi connectivity index (χ1) is 16.0. The van der Waals surface area contributed by atoms with E-state index in [1.165, 1.54) is 0 Å². The van der Waals surface area contributed by atoms with Crippen molar-refractivity contribution in [1.82, 2.24) is 0 Å². The summed E-state index contributed by atoms with van der Waals surface area (Å²) in [4.78, 5) is 58.4. The predicted octanol–water partition coefficient (Wildman–Crippen LogP) is 3.62. The number of carboxylic acid groups (broad SMARTS) is 2. The number of unbranched alkanes of at least 4 members (excludes halogenated alkanes) is 2. The molecule has 0 radical (unpaired) electrons. The van der Waals surface area contributed by atoms with Crippen molar-refractivity contribution < 1.29 is 48.9 Å². The van der Waals surface area contributed by atoms with Crippen molar-refractivity contribution in [2.75, 3.05) is 0 Å². The highest BCUT2D eigenvalue weighted by Gasteiger charge is 2.27. The van der Waals surface area contributed by atoms with Crippen LogP contribution in [0, 0.1) is 10.1 Å². The number of aromatic carboxylic acids is 2. The van der Waals surface area contributed by atoms with Crippen LogP contribution >= 0.6 is 0 Å². The average molecular weight is 475 g/mol. The fourth-order valence-electron chi connectivity index (χ4n) is 2.96. The summed E-state index contributed by atoms with van der Waals surface area (Å²) in [5, 5.41) is 39.3. The second-order valence-corrected chi connectivity index (χ2v) is 7.06. The number of nitro groups is 1. The highest BCUT2D eigenvalue weighted by molar-refractivity contribution is 6.04. The Morgan fingerprint density at radius 2 is 1.41 bits per heavy atom. The van der Waals surface area contributed by atoms with Crippen molar-refractivity contribution in [2.24, 2.45) is 0 Å². The molecule has 12 heteroatoms. The molecule has 180 valence electrons. The van der Waals surface area contributed by atoms with E-state index >= 15 is 0 Å². The van der Waals surface area contributed by atoms with Crippen LogP contribution in [0.1, 0.15) is 74.0 Å². The van der Waals surface area contributed by atoms with E-state index in [1.807, 2.05) is 6.92 Å². The van der Waals surface area contributed by atoms with Gasteiger partial charge in [0.1, 0.15) is 5.75 Å². The van der Waals surface area contributed by atoms with Gasteiger partial charge in [0.15, 0.2) is 0 Å². The Kier molecular flexibility index (Phi) is 8.65. The van der Waals surface area contributed by atoms with Gasteiger partial charge in [-0.1, -0.05) is 19.8 Å². The molecule has 0 spiro atoms. The van der Waals surface area contributed by atoms with Crippen molar-refractivity contribution in [3.63, 3.8) is 0 Å². The lowest BCUT2D eigenvalue weighted by Gasteiger charge is -2.19. The molecule has 1 atom stereocenters. The van der Waals surface area contributed by atoms with Crippen LogP contribution in [0.3, 0.4) is 0 Å². The number of nitrogens with zero attached hydrogens (tertiary/aromatic N) is 1.